The monoisotopic (exact) mass is 441 g/mol. The van der Waals surface area contributed by atoms with Crippen molar-refractivity contribution in [2.75, 3.05) is 19.8 Å². The van der Waals surface area contributed by atoms with Gasteiger partial charge in [0.1, 0.15) is 0 Å². The highest BCUT2D eigenvalue weighted by molar-refractivity contribution is 7.54. The van der Waals surface area contributed by atoms with Gasteiger partial charge in [-0.1, -0.05) is 72.8 Å². The average Bonchev–Trinajstić information content (AvgIpc) is 2.79. The van der Waals surface area contributed by atoms with Gasteiger partial charge in [0.25, 0.3) is 0 Å². The summed E-state index contributed by atoms with van der Waals surface area (Å²) in [6, 6.07) is 24.5. The molecular weight excluding hydrogens is 409 g/mol. The summed E-state index contributed by atoms with van der Waals surface area (Å²) in [5.41, 5.74) is 4.98. The lowest BCUT2D eigenvalue weighted by molar-refractivity contribution is 0.0270. The number of hydroxylamine groups is 1. The van der Waals surface area contributed by atoms with Crippen LogP contribution < -0.4 is 5.48 Å². The first-order valence-electron chi connectivity index (χ1n) is 10.9. The van der Waals surface area contributed by atoms with Gasteiger partial charge >= 0.3 is 7.60 Å². The van der Waals surface area contributed by atoms with E-state index in [1.54, 1.807) is 0 Å². The molecule has 3 rings (SSSR count). The van der Waals surface area contributed by atoms with Crippen LogP contribution in [0.1, 0.15) is 31.4 Å². The van der Waals surface area contributed by atoms with E-state index in [0.717, 1.165) is 11.1 Å². The molecule has 0 bridgehead atoms. The van der Waals surface area contributed by atoms with Crippen LogP contribution in [0.5, 0.6) is 0 Å². The van der Waals surface area contributed by atoms with Gasteiger partial charge in [-0.05, 0) is 48.6 Å². The van der Waals surface area contributed by atoms with Crippen molar-refractivity contribution in [2.45, 2.75) is 39.0 Å². The van der Waals surface area contributed by atoms with Crippen LogP contribution in [-0.4, -0.2) is 25.4 Å². The van der Waals surface area contributed by atoms with Gasteiger partial charge < -0.3 is 9.05 Å². The summed E-state index contributed by atoms with van der Waals surface area (Å²) in [6.45, 7) is 5.42. The van der Waals surface area contributed by atoms with E-state index < -0.39 is 7.60 Å². The quantitative estimate of drug-likeness (QED) is 0.196. The highest BCUT2D eigenvalue weighted by atomic mass is 31.2. The first kappa shape index (κ1) is 23.6. The number of fused-ring (bicyclic) bond motifs is 1. The highest BCUT2D eigenvalue weighted by Crippen LogP contribution is 2.55. The summed E-state index contributed by atoms with van der Waals surface area (Å²) in [4.78, 5) is 5.60. The molecule has 3 aromatic carbocycles. The summed E-state index contributed by atoms with van der Waals surface area (Å²) in [5, 5.41) is 2.34. The Morgan fingerprint density at radius 3 is 2.29 bits per heavy atom. The maximum atomic E-state index is 13.6. The van der Waals surface area contributed by atoms with Crippen molar-refractivity contribution in [1.29, 1.82) is 0 Å². The normalized spacial score (nSPS) is 12.8. The molecular formula is C25H32NO4P. The zero-order valence-corrected chi connectivity index (χ0v) is 19.2. The molecule has 1 unspecified atom stereocenters. The third kappa shape index (κ3) is 6.73. The van der Waals surface area contributed by atoms with Crippen molar-refractivity contribution < 1.29 is 18.5 Å². The number of nitrogens with one attached hydrogen (secondary N) is 1. The summed E-state index contributed by atoms with van der Waals surface area (Å²) >= 11 is 0. The minimum absolute atomic E-state index is 0.272. The number of rotatable bonds is 13. The van der Waals surface area contributed by atoms with Crippen LogP contribution in [0.4, 0.5) is 0 Å². The average molecular weight is 442 g/mol. The maximum absolute atomic E-state index is 13.6. The molecule has 1 atom stereocenters. The minimum atomic E-state index is -3.28. The van der Waals surface area contributed by atoms with E-state index in [1.807, 2.05) is 62.4 Å². The number of benzene rings is 3. The molecule has 3 aromatic rings. The molecule has 0 aromatic heterocycles. The Kier molecular flexibility index (Phi) is 9.26. The van der Waals surface area contributed by atoms with Crippen LogP contribution in [0, 0.1) is 0 Å². The van der Waals surface area contributed by atoms with Crippen LogP contribution in [-0.2, 0) is 31.5 Å². The molecule has 0 fully saturated rings. The van der Waals surface area contributed by atoms with E-state index in [2.05, 4.69) is 29.7 Å². The molecule has 166 valence electrons. The molecule has 0 saturated carbocycles. The molecule has 0 spiro atoms. The van der Waals surface area contributed by atoms with Crippen molar-refractivity contribution in [3.63, 3.8) is 0 Å². The van der Waals surface area contributed by atoms with Crippen LogP contribution in [0.15, 0.2) is 72.8 Å². The Labute approximate surface area is 185 Å². The van der Waals surface area contributed by atoms with Crippen molar-refractivity contribution in [2.24, 2.45) is 0 Å². The fourth-order valence-electron chi connectivity index (χ4n) is 3.71. The van der Waals surface area contributed by atoms with Gasteiger partial charge in [-0.15, -0.1) is 0 Å². The Morgan fingerprint density at radius 1 is 0.871 bits per heavy atom. The topological polar surface area (TPSA) is 56.8 Å². The van der Waals surface area contributed by atoms with Gasteiger partial charge in [0.15, 0.2) is 0 Å². The lowest BCUT2D eigenvalue weighted by Crippen LogP contribution is -2.24. The van der Waals surface area contributed by atoms with E-state index in [1.165, 1.54) is 10.8 Å². The molecule has 0 aliphatic heterocycles. The molecule has 5 nitrogen and oxygen atoms in total. The fourth-order valence-corrected chi connectivity index (χ4v) is 5.79. The zero-order valence-electron chi connectivity index (χ0n) is 18.3. The van der Waals surface area contributed by atoms with E-state index in [-0.39, 0.29) is 5.66 Å². The molecule has 31 heavy (non-hydrogen) atoms. The van der Waals surface area contributed by atoms with Gasteiger partial charge in [0, 0.05) is 6.54 Å². The highest BCUT2D eigenvalue weighted by Gasteiger charge is 2.35. The predicted molar refractivity (Wildman–Crippen MR) is 126 cm³/mol. The van der Waals surface area contributed by atoms with E-state index in [0.29, 0.717) is 39.2 Å². The Bertz CT molecular complexity index is 964. The second-order valence-corrected chi connectivity index (χ2v) is 9.66. The Hall–Kier alpha value is -2.01. The van der Waals surface area contributed by atoms with Crippen molar-refractivity contribution in [3.05, 3.63) is 83.9 Å². The summed E-state index contributed by atoms with van der Waals surface area (Å²) < 4.78 is 25.0. The number of hydrogen-bond donors (Lipinski definition) is 1. The van der Waals surface area contributed by atoms with Gasteiger partial charge in [0.05, 0.1) is 25.5 Å². The summed E-state index contributed by atoms with van der Waals surface area (Å²) in [6.07, 6.45) is 1.22. The number of hydrogen-bond acceptors (Lipinski definition) is 5. The second-order valence-electron chi connectivity index (χ2n) is 7.33. The second kappa shape index (κ2) is 12.1. The van der Waals surface area contributed by atoms with E-state index >= 15 is 0 Å². The lowest BCUT2D eigenvalue weighted by atomic mass is 10.00. The first-order valence-corrected chi connectivity index (χ1v) is 12.5. The van der Waals surface area contributed by atoms with Crippen LogP contribution >= 0.6 is 7.60 Å². The fraction of sp³-hybridized carbons (Fsp3) is 0.360. The molecule has 0 heterocycles. The van der Waals surface area contributed by atoms with Crippen molar-refractivity contribution >= 4 is 18.4 Å². The van der Waals surface area contributed by atoms with Crippen LogP contribution in [0.25, 0.3) is 10.8 Å². The smallest absolute Gasteiger partial charge is 0.309 e. The largest absolute Gasteiger partial charge is 0.334 e. The molecule has 0 saturated heterocycles. The van der Waals surface area contributed by atoms with Crippen molar-refractivity contribution in [3.8, 4) is 0 Å². The minimum Gasteiger partial charge on any atom is -0.309 e. The maximum Gasteiger partial charge on any atom is 0.334 e. The van der Waals surface area contributed by atoms with Gasteiger partial charge in [-0.25, -0.2) is 5.48 Å². The van der Waals surface area contributed by atoms with Gasteiger partial charge in [-0.3, -0.25) is 9.40 Å². The third-order valence-corrected chi connectivity index (χ3v) is 7.74. The van der Waals surface area contributed by atoms with Gasteiger partial charge in [0.2, 0.25) is 0 Å². The summed E-state index contributed by atoms with van der Waals surface area (Å²) in [7, 11) is -3.28. The predicted octanol–water partition coefficient (Wildman–Crippen LogP) is 6.13. The van der Waals surface area contributed by atoms with Gasteiger partial charge in [-0.2, -0.15) is 0 Å². The zero-order chi connectivity index (χ0) is 21.9. The SMILES string of the molecule is CCOP(=O)(OCC)C(CCNOCc1ccccc1)Cc1cccc2ccccc12. The third-order valence-electron chi connectivity index (χ3n) is 5.16. The molecule has 0 amide bonds. The van der Waals surface area contributed by atoms with E-state index in [9.17, 15) is 4.57 Å². The lowest BCUT2D eigenvalue weighted by Gasteiger charge is -2.27. The standard InChI is InChI=1S/C25H32NO4P/c1-3-29-31(27,30-4-2)24(17-18-26-28-20-21-11-6-5-7-12-21)19-23-15-10-14-22-13-8-9-16-25(22)23/h5-16,24,26H,3-4,17-20H2,1-2H3. The van der Waals surface area contributed by atoms with Crippen LogP contribution in [0.3, 0.4) is 0 Å². The molecule has 6 heteroatoms. The Morgan fingerprint density at radius 2 is 1.55 bits per heavy atom. The Balaban J connectivity index is 1.70. The molecule has 0 radical (unpaired) electrons. The van der Waals surface area contributed by atoms with Crippen molar-refractivity contribution in [1.82, 2.24) is 5.48 Å². The first-order chi connectivity index (χ1) is 15.2. The van der Waals surface area contributed by atoms with Crippen LogP contribution in [0.2, 0.25) is 0 Å². The molecule has 0 aliphatic rings. The molecule has 0 aliphatic carbocycles. The molecule has 1 N–H and O–H groups in total. The summed E-state index contributed by atoms with van der Waals surface area (Å²) in [5.74, 6) is 0. The van der Waals surface area contributed by atoms with E-state index in [4.69, 9.17) is 13.9 Å².